The average molecular weight is 347 g/mol. The summed E-state index contributed by atoms with van der Waals surface area (Å²) in [4.78, 5) is 0. The van der Waals surface area contributed by atoms with Gasteiger partial charge in [-0.2, -0.15) is 8.78 Å². The smallest absolute Gasteiger partial charge is 0.387 e. The van der Waals surface area contributed by atoms with Crippen molar-refractivity contribution in [3.8, 4) is 5.75 Å². The Balaban J connectivity index is 2.82. The van der Waals surface area contributed by atoms with Crippen LogP contribution in [0.2, 0.25) is 0 Å². The molecule has 0 fully saturated rings. The molecule has 0 aromatic heterocycles. The number of hydrogen-bond acceptors (Lipinski definition) is 1. The number of alkyl halides is 3. The van der Waals surface area contributed by atoms with Crippen LogP contribution in [-0.2, 0) is 6.42 Å². The maximum atomic E-state index is 12.1. The first kappa shape index (κ1) is 13.0. The average Bonchev–Trinajstić information content (AvgIpc) is 2.16. The molecule has 84 valence electrons. The molecule has 1 aromatic rings. The van der Waals surface area contributed by atoms with Gasteiger partial charge in [-0.1, -0.05) is 6.07 Å². The highest BCUT2D eigenvalue weighted by atomic mass is 127. The van der Waals surface area contributed by atoms with E-state index in [0.717, 1.165) is 15.6 Å². The summed E-state index contributed by atoms with van der Waals surface area (Å²) in [7, 11) is 0. The van der Waals surface area contributed by atoms with Gasteiger partial charge in [0.15, 0.2) is 0 Å². The molecular weight excluding hydrogens is 336 g/mol. The van der Waals surface area contributed by atoms with Gasteiger partial charge in [-0.15, -0.1) is 11.6 Å². The quantitative estimate of drug-likeness (QED) is 0.577. The molecule has 0 saturated carbocycles. The van der Waals surface area contributed by atoms with Crippen molar-refractivity contribution in [2.24, 2.45) is 0 Å². The largest absolute Gasteiger partial charge is 0.435 e. The van der Waals surface area contributed by atoms with Gasteiger partial charge in [0.25, 0.3) is 0 Å². The fraction of sp³-hybridized carbons (Fsp3) is 0.400. The van der Waals surface area contributed by atoms with Gasteiger partial charge in [0, 0.05) is 9.45 Å². The molecule has 0 aliphatic carbocycles. The Labute approximate surface area is 106 Å². The predicted molar refractivity (Wildman–Crippen MR) is 64.8 cm³/mol. The van der Waals surface area contributed by atoms with E-state index in [1.54, 1.807) is 12.1 Å². The van der Waals surface area contributed by atoms with E-state index >= 15 is 0 Å². The highest BCUT2D eigenvalue weighted by molar-refractivity contribution is 14.1. The minimum Gasteiger partial charge on any atom is -0.435 e. The first-order chi connectivity index (χ1) is 7.13. The third kappa shape index (κ3) is 4.51. The van der Waals surface area contributed by atoms with E-state index in [1.807, 2.05) is 6.07 Å². The van der Waals surface area contributed by atoms with Crippen molar-refractivity contribution >= 4 is 34.2 Å². The number of halogens is 4. The van der Waals surface area contributed by atoms with E-state index in [0.29, 0.717) is 12.3 Å². The maximum Gasteiger partial charge on any atom is 0.387 e. The molecule has 0 heterocycles. The number of rotatable bonds is 5. The molecule has 5 heteroatoms. The Hall–Kier alpha value is -0.100. The lowest BCUT2D eigenvalue weighted by molar-refractivity contribution is -0.0504. The first-order valence-electron chi connectivity index (χ1n) is 4.42. The van der Waals surface area contributed by atoms with Crippen LogP contribution in [0.1, 0.15) is 12.0 Å². The van der Waals surface area contributed by atoms with Crippen LogP contribution in [-0.4, -0.2) is 12.5 Å². The van der Waals surface area contributed by atoms with E-state index in [-0.39, 0.29) is 5.75 Å². The number of ether oxygens (including phenoxy) is 1. The van der Waals surface area contributed by atoms with Gasteiger partial charge >= 0.3 is 6.61 Å². The molecule has 0 amide bonds. The van der Waals surface area contributed by atoms with Crippen molar-refractivity contribution in [2.75, 3.05) is 5.88 Å². The third-order valence-corrected chi connectivity index (χ3v) is 2.76. The van der Waals surface area contributed by atoms with Gasteiger partial charge in [-0.3, -0.25) is 0 Å². The molecule has 0 saturated heterocycles. The lowest BCUT2D eigenvalue weighted by atomic mass is 10.1. The maximum absolute atomic E-state index is 12.1. The van der Waals surface area contributed by atoms with Crippen molar-refractivity contribution in [3.05, 3.63) is 27.3 Å². The zero-order valence-corrected chi connectivity index (χ0v) is 10.8. The van der Waals surface area contributed by atoms with E-state index in [9.17, 15) is 8.78 Å². The van der Waals surface area contributed by atoms with Crippen LogP contribution in [0, 0.1) is 3.57 Å². The van der Waals surface area contributed by atoms with Crippen LogP contribution >= 0.6 is 34.2 Å². The van der Waals surface area contributed by atoms with Crippen LogP contribution in [0.3, 0.4) is 0 Å². The second kappa shape index (κ2) is 6.48. The Kier molecular flexibility index (Phi) is 5.60. The third-order valence-electron chi connectivity index (χ3n) is 1.83. The van der Waals surface area contributed by atoms with Crippen molar-refractivity contribution < 1.29 is 13.5 Å². The first-order valence-corrected chi connectivity index (χ1v) is 6.04. The van der Waals surface area contributed by atoms with E-state index in [4.69, 9.17) is 11.6 Å². The summed E-state index contributed by atoms with van der Waals surface area (Å²) in [5.74, 6) is 0.766. The van der Waals surface area contributed by atoms with Gasteiger partial charge in [-0.25, -0.2) is 0 Å². The van der Waals surface area contributed by atoms with Crippen LogP contribution in [0.25, 0.3) is 0 Å². The Bertz CT molecular complexity index is 320. The Morgan fingerprint density at radius 2 is 2.13 bits per heavy atom. The minimum absolute atomic E-state index is 0.252. The fourth-order valence-corrected chi connectivity index (χ4v) is 1.79. The lowest BCUT2D eigenvalue weighted by Crippen LogP contribution is -2.05. The van der Waals surface area contributed by atoms with Gasteiger partial charge in [0.1, 0.15) is 5.75 Å². The summed E-state index contributed by atoms with van der Waals surface area (Å²) >= 11 is 7.61. The molecule has 0 atom stereocenters. The van der Waals surface area contributed by atoms with Crippen LogP contribution in [0.5, 0.6) is 5.75 Å². The lowest BCUT2D eigenvalue weighted by Gasteiger charge is -2.10. The molecule has 15 heavy (non-hydrogen) atoms. The molecule has 1 aromatic carbocycles. The van der Waals surface area contributed by atoms with Gasteiger partial charge in [0.05, 0.1) is 0 Å². The molecule has 0 unspecified atom stereocenters. The number of hydrogen-bond donors (Lipinski definition) is 0. The summed E-state index contributed by atoms with van der Waals surface area (Å²) in [5.41, 5.74) is 0.774. The zero-order valence-electron chi connectivity index (χ0n) is 7.85. The molecule has 0 N–H and O–H groups in total. The molecule has 0 aliphatic heterocycles. The molecule has 0 spiro atoms. The molecule has 1 rings (SSSR count). The van der Waals surface area contributed by atoms with Gasteiger partial charge in [0.2, 0.25) is 0 Å². The van der Waals surface area contributed by atoms with E-state index in [2.05, 4.69) is 27.3 Å². The number of aryl methyl sites for hydroxylation is 1. The summed E-state index contributed by atoms with van der Waals surface area (Å²) in [6, 6.07) is 5.27. The monoisotopic (exact) mass is 346 g/mol. The second-order valence-electron chi connectivity index (χ2n) is 2.92. The zero-order chi connectivity index (χ0) is 11.3. The van der Waals surface area contributed by atoms with Gasteiger partial charge in [-0.05, 0) is 53.1 Å². The van der Waals surface area contributed by atoms with Crippen molar-refractivity contribution in [3.63, 3.8) is 0 Å². The fourth-order valence-electron chi connectivity index (χ4n) is 1.20. The SMILES string of the molecule is FC(F)Oc1cc(I)ccc1CCCCl. The highest BCUT2D eigenvalue weighted by Gasteiger charge is 2.09. The van der Waals surface area contributed by atoms with Crippen molar-refractivity contribution in [1.29, 1.82) is 0 Å². The van der Waals surface area contributed by atoms with Crippen LogP contribution in [0.15, 0.2) is 18.2 Å². The molecular formula is C10H10ClF2IO. The van der Waals surface area contributed by atoms with Crippen molar-refractivity contribution in [1.82, 2.24) is 0 Å². The molecule has 0 radical (unpaired) electrons. The topological polar surface area (TPSA) is 9.23 Å². The van der Waals surface area contributed by atoms with E-state index in [1.165, 1.54) is 0 Å². The summed E-state index contributed by atoms with van der Waals surface area (Å²) < 4.78 is 29.5. The molecule has 1 nitrogen and oxygen atoms in total. The van der Waals surface area contributed by atoms with Crippen LogP contribution < -0.4 is 4.74 Å². The molecule has 0 aliphatic rings. The Morgan fingerprint density at radius 3 is 2.73 bits per heavy atom. The summed E-state index contributed by atoms with van der Waals surface area (Å²) in [5, 5.41) is 0. The summed E-state index contributed by atoms with van der Waals surface area (Å²) in [6.45, 7) is -2.78. The van der Waals surface area contributed by atoms with E-state index < -0.39 is 6.61 Å². The standard InChI is InChI=1S/C10H10ClF2IO/c11-5-1-2-7-3-4-8(14)6-9(7)15-10(12)13/h3-4,6,10H,1-2,5H2. The summed E-state index contributed by atoms with van der Waals surface area (Å²) in [6.07, 6.45) is 1.41. The highest BCUT2D eigenvalue weighted by Crippen LogP contribution is 2.24. The second-order valence-corrected chi connectivity index (χ2v) is 4.55. The minimum atomic E-state index is -2.78. The predicted octanol–water partition coefficient (Wildman–Crippen LogP) is 4.06. The van der Waals surface area contributed by atoms with Crippen molar-refractivity contribution in [2.45, 2.75) is 19.5 Å². The number of benzene rings is 1. The van der Waals surface area contributed by atoms with Gasteiger partial charge < -0.3 is 4.74 Å². The molecule has 0 bridgehead atoms. The van der Waals surface area contributed by atoms with Crippen LogP contribution in [0.4, 0.5) is 8.78 Å². The normalized spacial score (nSPS) is 10.7. The Morgan fingerprint density at radius 1 is 1.40 bits per heavy atom.